The first kappa shape index (κ1) is 12.8. The number of rotatable bonds is 2. The fourth-order valence-electron chi connectivity index (χ4n) is 3.26. The number of hydrogen-bond acceptors (Lipinski definition) is 2. The van der Waals surface area contributed by atoms with Gasteiger partial charge in [0.25, 0.3) is 0 Å². The Morgan fingerprint density at radius 3 is 2.05 bits per heavy atom. The molecule has 0 unspecified atom stereocenters. The molecule has 2 aliphatic rings. The fraction of sp³-hybridized carbons (Fsp3) is 0.222. The lowest BCUT2D eigenvalue weighted by Crippen LogP contribution is -2.36. The highest BCUT2D eigenvalue weighted by atomic mass is 35.5. The Bertz CT molecular complexity index is 969. The Hall–Kier alpha value is -1.93. The van der Waals surface area contributed by atoms with Gasteiger partial charge in [-0.25, -0.2) is 0 Å². The molecule has 0 atom stereocenters. The summed E-state index contributed by atoms with van der Waals surface area (Å²) in [5.41, 5.74) is 0. The van der Waals surface area contributed by atoms with Gasteiger partial charge >= 0.3 is 0 Å². The molecule has 4 rings (SSSR count). The van der Waals surface area contributed by atoms with Gasteiger partial charge in [0.2, 0.25) is 0 Å². The summed E-state index contributed by atoms with van der Waals surface area (Å²) in [5, 5.41) is 8.37. The first-order valence-corrected chi connectivity index (χ1v) is 7.80. The third-order valence-electron chi connectivity index (χ3n) is 4.34. The molecule has 0 fully saturated rings. The van der Waals surface area contributed by atoms with Crippen molar-refractivity contribution in [1.82, 2.24) is 9.80 Å². The molecule has 2 nitrogen and oxygen atoms in total. The molecule has 2 heterocycles. The van der Waals surface area contributed by atoms with Crippen molar-refractivity contribution in [1.29, 1.82) is 0 Å². The molecule has 0 amide bonds. The average Bonchev–Trinajstić information content (AvgIpc) is 2.53. The van der Waals surface area contributed by atoms with E-state index in [2.05, 4.69) is 66.5 Å². The Morgan fingerprint density at radius 2 is 1.43 bits per heavy atom. The highest BCUT2D eigenvalue weighted by Gasteiger charge is 2.14. The van der Waals surface area contributed by atoms with Gasteiger partial charge in [0.05, 0.1) is 0 Å². The van der Waals surface area contributed by atoms with E-state index in [1.165, 1.54) is 26.4 Å². The molecule has 0 N–H and O–H groups in total. The summed E-state index contributed by atoms with van der Waals surface area (Å²) < 4.78 is 0. The SMILES string of the molecule is CCN1C=c2ccc3c4c(ccc(c24)=C1)=C(Cl)N(CC)C=3. The molecule has 0 aromatic heterocycles. The summed E-state index contributed by atoms with van der Waals surface area (Å²) in [7, 11) is 0. The van der Waals surface area contributed by atoms with Crippen molar-refractivity contribution in [3.8, 4) is 0 Å². The molecule has 0 saturated carbocycles. The third-order valence-corrected chi connectivity index (χ3v) is 4.76. The summed E-state index contributed by atoms with van der Waals surface area (Å²) in [5.74, 6) is 0. The monoisotopic (exact) mass is 296 g/mol. The summed E-state index contributed by atoms with van der Waals surface area (Å²) >= 11 is 6.58. The number of benzene rings is 2. The predicted molar refractivity (Wildman–Crippen MR) is 89.9 cm³/mol. The molecule has 2 aromatic carbocycles. The van der Waals surface area contributed by atoms with Gasteiger partial charge in [-0.05, 0) is 29.5 Å². The standard InChI is InChI=1S/C18H17ClN2/c1-3-20-9-12-5-6-14-11-21(4-2)18(19)15-8-7-13(10-20)16(12)17(14)15/h5-11H,3-4H2,1-2H3. The maximum atomic E-state index is 6.58. The van der Waals surface area contributed by atoms with Gasteiger partial charge in [0.1, 0.15) is 5.16 Å². The Labute approximate surface area is 128 Å². The minimum Gasteiger partial charge on any atom is -0.353 e. The largest absolute Gasteiger partial charge is 0.353 e. The highest BCUT2D eigenvalue weighted by molar-refractivity contribution is 6.45. The normalized spacial score (nSPS) is 15.7. The highest BCUT2D eigenvalue weighted by Crippen LogP contribution is 2.14. The third kappa shape index (κ3) is 1.72. The Morgan fingerprint density at radius 1 is 0.810 bits per heavy atom. The Balaban J connectivity index is 2.25. The second-order valence-electron chi connectivity index (χ2n) is 5.49. The first-order valence-electron chi connectivity index (χ1n) is 7.42. The topological polar surface area (TPSA) is 6.48 Å². The number of hydrogen-bond donors (Lipinski definition) is 0. The molecule has 0 spiro atoms. The molecule has 2 aromatic rings. The van der Waals surface area contributed by atoms with Gasteiger partial charge in [-0.15, -0.1) is 0 Å². The van der Waals surface area contributed by atoms with E-state index in [9.17, 15) is 0 Å². The van der Waals surface area contributed by atoms with Crippen molar-refractivity contribution in [2.45, 2.75) is 13.8 Å². The van der Waals surface area contributed by atoms with Gasteiger partial charge in [0.15, 0.2) is 0 Å². The van der Waals surface area contributed by atoms with Crippen molar-refractivity contribution in [2.75, 3.05) is 13.1 Å². The molecule has 3 heteroatoms. The van der Waals surface area contributed by atoms with E-state index in [-0.39, 0.29) is 0 Å². The van der Waals surface area contributed by atoms with Gasteiger partial charge in [0, 0.05) is 47.7 Å². The van der Waals surface area contributed by atoms with Gasteiger partial charge < -0.3 is 9.80 Å². The maximum absolute atomic E-state index is 6.58. The predicted octanol–water partition coefficient (Wildman–Crippen LogP) is 1.03. The van der Waals surface area contributed by atoms with Crippen LogP contribution >= 0.6 is 11.6 Å². The minimum absolute atomic E-state index is 0.826. The van der Waals surface area contributed by atoms with Crippen LogP contribution < -0.4 is 20.9 Å². The molecule has 0 radical (unpaired) electrons. The van der Waals surface area contributed by atoms with Crippen LogP contribution in [-0.2, 0) is 0 Å². The zero-order valence-corrected chi connectivity index (χ0v) is 13.0. The van der Waals surface area contributed by atoms with Crippen LogP contribution in [0, 0.1) is 0 Å². The zero-order chi connectivity index (χ0) is 14.6. The summed E-state index contributed by atoms with van der Waals surface area (Å²) in [6.07, 6.45) is 6.59. The second kappa shape index (κ2) is 4.54. The lowest BCUT2D eigenvalue weighted by molar-refractivity contribution is 0.616. The molecule has 106 valence electrons. The fourth-order valence-corrected chi connectivity index (χ4v) is 3.58. The minimum atomic E-state index is 0.826. The van der Waals surface area contributed by atoms with Gasteiger partial charge in [-0.1, -0.05) is 35.9 Å². The number of nitrogens with zero attached hydrogens (tertiary/aromatic N) is 2. The average molecular weight is 297 g/mol. The lowest BCUT2D eigenvalue weighted by atomic mass is 9.99. The lowest BCUT2D eigenvalue weighted by Gasteiger charge is -2.23. The zero-order valence-electron chi connectivity index (χ0n) is 12.2. The summed E-state index contributed by atoms with van der Waals surface area (Å²) in [6, 6.07) is 8.75. The summed E-state index contributed by atoms with van der Waals surface area (Å²) in [6.45, 7) is 6.14. The molecule has 0 bridgehead atoms. The number of halogens is 1. The van der Waals surface area contributed by atoms with Crippen LogP contribution in [0.3, 0.4) is 0 Å². The van der Waals surface area contributed by atoms with E-state index >= 15 is 0 Å². The van der Waals surface area contributed by atoms with Crippen molar-refractivity contribution in [3.63, 3.8) is 0 Å². The molecule has 21 heavy (non-hydrogen) atoms. The molecule has 2 aliphatic heterocycles. The molecule has 0 aliphatic carbocycles. The van der Waals surface area contributed by atoms with Crippen LogP contribution in [0.1, 0.15) is 13.8 Å². The smallest absolute Gasteiger partial charge is 0.116 e. The maximum Gasteiger partial charge on any atom is 0.116 e. The van der Waals surface area contributed by atoms with E-state index in [1.54, 1.807) is 0 Å². The van der Waals surface area contributed by atoms with Crippen LogP contribution in [0.15, 0.2) is 24.3 Å². The van der Waals surface area contributed by atoms with Crippen LogP contribution in [0.4, 0.5) is 0 Å². The van der Waals surface area contributed by atoms with E-state index in [1.807, 2.05) is 0 Å². The van der Waals surface area contributed by atoms with E-state index < -0.39 is 0 Å². The van der Waals surface area contributed by atoms with Gasteiger partial charge in [-0.2, -0.15) is 0 Å². The van der Waals surface area contributed by atoms with Crippen LogP contribution in [0.2, 0.25) is 0 Å². The molecular formula is C18H17ClN2. The van der Waals surface area contributed by atoms with Gasteiger partial charge in [-0.3, -0.25) is 0 Å². The van der Waals surface area contributed by atoms with E-state index in [0.29, 0.717) is 0 Å². The van der Waals surface area contributed by atoms with Crippen LogP contribution in [0.25, 0.3) is 34.5 Å². The van der Waals surface area contributed by atoms with Crippen LogP contribution in [-0.4, -0.2) is 22.9 Å². The second-order valence-corrected chi connectivity index (χ2v) is 5.85. The summed E-state index contributed by atoms with van der Waals surface area (Å²) in [4.78, 5) is 4.34. The van der Waals surface area contributed by atoms with Crippen molar-refractivity contribution < 1.29 is 0 Å². The van der Waals surface area contributed by atoms with E-state index in [0.717, 1.165) is 23.5 Å². The first-order chi connectivity index (χ1) is 10.2. The van der Waals surface area contributed by atoms with E-state index in [4.69, 9.17) is 11.6 Å². The quantitative estimate of drug-likeness (QED) is 0.764. The van der Waals surface area contributed by atoms with Crippen molar-refractivity contribution >= 4 is 46.1 Å². The Kier molecular flexibility index (Phi) is 2.76. The van der Waals surface area contributed by atoms with Crippen molar-refractivity contribution in [2.24, 2.45) is 0 Å². The van der Waals surface area contributed by atoms with Crippen molar-refractivity contribution in [3.05, 3.63) is 45.1 Å². The van der Waals surface area contributed by atoms with Crippen LogP contribution in [0.5, 0.6) is 0 Å². The molecule has 0 saturated heterocycles. The molecular weight excluding hydrogens is 280 g/mol.